The quantitative estimate of drug-likeness (QED) is 0.839. The molecule has 1 N–H and O–H groups in total. The molecule has 1 aliphatic rings. The summed E-state index contributed by atoms with van der Waals surface area (Å²) in [5.41, 5.74) is 0.185. The van der Waals surface area contributed by atoms with Crippen molar-refractivity contribution < 1.29 is 4.74 Å². The Hall–Kier alpha value is -1.16. The Balaban J connectivity index is 1.66. The van der Waals surface area contributed by atoms with Crippen molar-refractivity contribution in [3.63, 3.8) is 0 Å². The molecule has 0 unspecified atom stereocenters. The number of para-hydroxylation sites is 1. The maximum absolute atomic E-state index is 5.64. The molecule has 1 heterocycles. The molecule has 1 aliphatic heterocycles. The zero-order valence-electron chi connectivity index (χ0n) is 11.7. The molecule has 3 nitrogen and oxygen atoms in total. The topological polar surface area (TPSA) is 33.6 Å². The Morgan fingerprint density at radius 3 is 2.84 bits per heavy atom. The fourth-order valence-corrected chi connectivity index (χ4v) is 3.16. The van der Waals surface area contributed by atoms with Crippen LogP contribution in [0.2, 0.25) is 0 Å². The van der Waals surface area contributed by atoms with E-state index < -0.39 is 0 Å². The average Bonchev–Trinajstić information content (AvgIpc) is 2.38. The van der Waals surface area contributed by atoms with Gasteiger partial charge in [0.25, 0.3) is 0 Å². The highest BCUT2D eigenvalue weighted by Gasteiger charge is 2.23. The van der Waals surface area contributed by atoms with E-state index in [0.29, 0.717) is 0 Å². The first-order valence-corrected chi connectivity index (χ1v) is 7.78. The van der Waals surface area contributed by atoms with Crippen LogP contribution in [0.25, 0.3) is 0 Å². The van der Waals surface area contributed by atoms with Crippen LogP contribution in [-0.4, -0.2) is 29.6 Å². The van der Waals surface area contributed by atoms with Gasteiger partial charge in [0, 0.05) is 24.3 Å². The number of thioether (sulfide) groups is 1. The van der Waals surface area contributed by atoms with Gasteiger partial charge in [0.15, 0.2) is 5.17 Å². The van der Waals surface area contributed by atoms with Gasteiger partial charge in [-0.05, 0) is 32.4 Å². The number of hydrogen-bond donors (Lipinski definition) is 1. The van der Waals surface area contributed by atoms with Gasteiger partial charge >= 0.3 is 0 Å². The molecule has 0 atom stereocenters. The molecule has 0 aliphatic carbocycles. The number of rotatable bonds is 5. The minimum Gasteiger partial charge on any atom is -0.494 e. The van der Waals surface area contributed by atoms with Crippen molar-refractivity contribution in [1.29, 1.82) is 0 Å². The van der Waals surface area contributed by atoms with E-state index in [4.69, 9.17) is 4.74 Å². The number of ether oxygens (including phenoxy) is 1. The molecular formula is C15H22N2OS. The van der Waals surface area contributed by atoms with Gasteiger partial charge in [-0.3, -0.25) is 4.99 Å². The summed E-state index contributed by atoms with van der Waals surface area (Å²) in [4.78, 5) is 4.60. The van der Waals surface area contributed by atoms with E-state index in [1.807, 2.05) is 42.1 Å². The van der Waals surface area contributed by atoms with Gasteiger partial charge < -0.3 is 10.1 Å². The highest BCUT2D eigenvalue weighted by molar-refractivity contribution is 8.13. The van der Waals surface area contributed by atoms with Crippen LogP contribution in [0.3, 0.4) is 0 Å². The molecule has 0 amide bonds. The molecule has 2 rings (SSSR count). The second-order valence-electron chi connectivity index (χ2n) is 5.31. The Labute approximate surface area is 119 Å². The number of aliphatic imine (C=N–C) groups is 1. The summed E-state index contributed by atoms with van der Waals surface area (Å²) in [7, 11) is 0. The molecule has 1 fully saturated rings. The average molecular weight is 278 g/mol. The normalized spacial score (nSPS) is 20.0. The van der Waals surface area contributed by atoms with Crippen LogP contribution in [0.15, 0.2) is 35.3 Å². The first-order valence-electron chi connectivity index (χ1n) is 6.79. The first kappa shape index (κ1) is 14.3. The monoisotopic (exact) mass is 278 g/mol. The molecule has 1 saturated heterocycles. The van der Waals surface area contributed by atoms with Crippen molar-refractivity contribution in [2.75, 3.05) is 18.9 Å². The molecule has 0 aromatic heterocycles. The molecule has 0 saturated carbocycles. The van der Waals surface area contributed by atoms with E-state index in [-0.39, 0.29) is 5.54 Å². The standard InChI is InChI=1S/C15H22N2OS/c1-15(2)9-12-19-14(17-15)16-10-6-11-18-13-7-4-3-5-8-13/h3-5,7-8H,6,9-12H2,1-2H3,(H,16,17). The summed E-state index contributed by atoms with van der Waals surface area (Å²) in [6.45, 7) is 5.98. The SMILES string of the molecule is CC1(C)CCSC(=NCCCOc2ccccc2)N1. The van der Waals surface area contributed by atoms with Crippen molar-refractivity contribution in [2.45, 2.75) is 32.2 Å². The molecular weight excluding hydrogens is 256 g/mol. The maximum Gasteiger partial charge on any atom is 0.156 e. The van der Waals surface area contributed by atoms with Crippen LogP contribution in [0, 0.1) is 0 Å². The maximum atomic E-state index is 5.64. The van der Waals surface area contributed by atoms with Crippen LogP contribution in [0.1, 0.15) is 26.7 Å². The highest BCUT2D eigenvalue weighted by Crippen LogP contribution is 2.21. The van der Waals surface area contributed by atoms with Gasteiger partial charge in [0.1, 0.15) is 5.75 Å². The van der Waals surface area contributed by atoms with E-state index >= 15 is 0 Å². The summed E-state index contributed by atoms with van der Waals surface area (Å²) in [6.07, 6.45) is 2.13. The summed E-state index contributed by atoms with van der Waals surface area (Å²) >= 11 is 1.82. The van der Waals surface area contributed by atoms with Crippen LogP contribution >= 0.6 is 11.8 Å². The van der Waals surface area contributed by atoms with Gasteiger partial charge in [0.05, 0.1) is 6.61 Å². The molecule has 4 heteroatoms. The molecule has 104 valence electrons. The van der Waals surface area contributed by atoms with E-state index in [1.165, 1.54) is 6.42 Å². The lowest BCUT2D eigenvalue weighted by atomic mass is 10.0. The Kier molecular flexibility index (Phi) is 5.14. The molecule has 0 bridgehead atoms. The highest BCUT2D eigenvalue weighted by atomic mass is 32.2. The summed E-state index contributed by atoms with van der Waals surface area (Å²) in [6, 6.07) is 9.92. The molecule has 19 heavy (non-hydrogen) atoms. The van der Waals surface area contributed by atoms with E-state index in [1.54, 1.807) is 0 Å². The zero-order valence-corrected chi connectivity index (χ0v) is 12.5. The number of nitrogens with zero attached hydrogens (tertiary/aromatic N) is 1. The van der Waals surface area contributed by atoms with Crippen LogP contribution < -0.4 is 10.1 Å². The lowest BCUT2D eigenvalue weighted by Crippen LogP contribution is -2.46. The Morgan fingerprint density at radius 1 is 1.32 bits per heavy atom. The fourth-order valence-electron chi connectivity index (χ4n) is 1.83. The third-order valence-electron chi connectivity index (χ3n) is 2.98. The summed E-state index contributed by atoms with van der Waals surface area (Å²) < 4.78 is 5.64. The lowest BCUT2D eigenvalue weighted by Gasteiger charge is -2.32. The van der Waals surface area contributed by atoms with Crippen molar-refractivity contribution in [1.82, 2.24) is 5.32 Å². The van der Waals surface area contributed by atoms with Crippen LogP contribution in [0.4, 0.5) is 0 Å². The van der Waals surface area contributed by atoms with E-state index in [9.17, 15) is 0 Å². The van der Waals surface area contributed by atoms with Crippen molar-refractivity contribution in [3.8, 4) is 5.75 Å². The third-order valence-corrected chi connectivity index (χ3v) is 3.89. The minimum atomic E-state index is 0.185. The summed E-state index contributed by atoms with van der Waals surface area (Å²) in [5, 5.41) is 4.55. The van der Waals surface area contributed by atoms with Gasteiger partial charge in [-0.25, -0.2) is 0 Å². The predicted molar refractivity (Wildman–Crippen MR) is 83.1 cm³/mol. The number of nitrogens with one attached hydrogen (secondary N) is 1. The van der Waals surface area contributed by atoms with Crippen molar-refractivity contribution in [2.24, 2.45) is 4.99 Å². The second-order valence-corrected chi connectivity index (χ2v) is 6.39. The number of amidine groups is 1. The molecule has 1 aromatic rings. The zero-order chi connectivity index (χ0) is 13.6. The smallest absolute Gasteiger partial charge is 0.156 e. The van der Waals surface area contributed by atoms with Crippen molar-refractivity contribution >= 4 is 16.9 Å². The van der Waals surface area contributed by atoms with Crippen LogP contribution in [0.5, 0.6) is 5.75 Å². The van der Waals surface area contributed by atoms with Crippen LogP contribution in [-0.2, 0) is 0 Å². The Bertz CT molecular complexity index is 417. The van der Waals surface area contributed by atoms with Gasteiger partial charge in [-0.2, -0.15) is 0 Å². The molecule has 0 spiro atoms. The minimum absolute atomic E-state index is 0.185. The Morgan fingerprint density at radius 2 is 2.11 bits per heavy atom. The first-order chi connectivity index (χ1) is 9.16. The van der Waals surface area contributed by atoms with E-state index in [2.05, 4.69) is 24.2 Å². The van der Waals surface area contributed by atoms with E-state index in [0.717, 1.165) is 36.2 Å². The van der Waals surface area contributed by atoms with Crippen molar-refractivity contribution in [3.05, 3.63) is 30.3 Å². The predicted octanol–water partition coefficient (Wildman–Crippen LogP) is 3.32. The van der Waals surface area contributed by atoms with Gasteiger partial charge in [-0.1, -0.05) is 30.0 Å². The van der Waals surface area contributed by atoms with Gasteiger partial charge in [0.2, 0.25) is 0 Å². The van der Waals surface area contributed by atoms with Gasteiger partial charge in [-0.15, -0.1) is 0 Å². The molecule has 1 aromatic carbocycles. The molecule has 0 radical (unpaired) electrons. The largest absolute Gasteiger partial charge is 0.494 e. The second kappa shape index (κ2) is 6.85. The fraction of sp³-hybridized carbons (Fsp3) is 0.533. The summed E-state index contributed by atoms with van der Waals surface area (Å²) in [5.74, 6) is 2.08. The number of hydrogen-bond acceptors (Lipinski definition) is 3. The third kappa shape index (κ3) is 5.15. The number of benzene rings is 1. The lowest BCUT2D eigenvalue weighted by molar-refractivity contribution is 0.313.